The Balaban J connectivity index is 2.11. The molecule has 5 N–H and O–H groups in total. The van der Waals surface area contributed by atoms with Crippen molar-refractivity contribution in [2.45, 2.75) is 31.3 Å². The molecule has 0 radical (unpaired) electrons. The van der Waals surface area contributed by atoms with E-state index < -0.39 is 5.91 Å². The summed E-state index contributed by atoms with van der Waals surface area (Å²) in [5.41, 5.74) is 12.3. The maximum absolute atomic E-state index is 11.2. The number of nitrogens with one attached hydrogen (secondary N) is 1. The minimum Gasteiger partial charge on any atom is -0.382 e. The molecular formula is C12H16ClN3O. The van der Waals surface area contributed by atoms with Crippen molar-refractivity contribution in [3.63, 3.8) is 0 Å². The molecule has 1 aromatic rings. The average molecular weight is 254 g/mol. The second kappa shape index (κ2) is 4.94. The first kappa shape index (κ1) is 12.2. The Bertz CT molecular complexity index is 436. The van der Waals surface area contributed by atoms with Crippen LogP contribution in [0.4, 0.5) is 5.69 Å². The van der Waals surface area contributed by atoms with Crippen LogP contribution in [0.25, 0.3) is 0 Å². The van der Waals surface area contributed by atoms with E-state index in [0.29, 0.717) is 16.6 Å². The summed E-state index contributed by atoms with van der Waals surface area (Å²) in [4.78, 5) is 11.2. The third-order valence-corrected chi connectivity index (χ3v) is 3.41. The van der Waals surface area contributed by atoms with Crippen molar-refractivity contribution < 1.29 is 4.79 Å². The van der Waals surface area contributed by atoms with E-state index in [1.54, 1.807) is 12.1 Å². The molecule has 17 heavy (non-hydrogen) atoms. The van der Waals surface area contributed by atoms with Gasteiger partial charge in [0.1, 0.15) is 0 Å². The van der Waals surface area contributed by atoms with Gasteiger partial charge in [-0.15, -0.1) is 0 Å². The number of halogens is 1. The molecule has 1 amide bonds. The molecule has 0 aromatic heterocycles. The Morgan fingerprint density at radius 3 is 2.76 bits per heavy atom. The summed E-state index contributed by atoms with van der Waals surface area (Å²) in [6.07, 6.45) is 3.04. The lowest BCUT2D eigenvalue weighted by molar-refractivity contribution is 0.100. The molecule has 1 aliphatic rings. The fourth-order valence-corrected chi connectivity index (χ4v) is 2.40. The van der Waals surface area contributed by atoms with E-state index >= 15 is 0 Å². The number of carbonyl (C=O) groups excluding carboxylic acids is 1. The lowest BCUT2D eigenvalue weighted by atomic mass is 10.1. The Hall–Kier alpha value is -1.26. The van der Waals surface area contributed by atoms with Crippen molar-refractivity contribution in [2.24, 2.45) is 11.5 Å². The van der Waals surface area contributed by atoms with Crippen molar-refractivity contribution in [1.29, 1.82) is 0 Å². The van der Waals surface area contributed by atoms with Gasteiger partial charge in [0.15, 0.2) is 0 Å². The van der Waals surface area contributed by atoms with E-state index in [0.717, 1.165) is 24.9 Å². The summed E-state index contributed by atoms with van der Waals surface area (Å²) in [5.74, 6) is -0.512. The normalized spacial score (nSPS) is 23.6. The minimum absolute atomic E-state index is 0.274. The summed E-state index contributed by atoms with van der Waals surface area (Å²) in [6, 6.07) is 5.86. The van der Waals surface area contributed by atoms with Gasteiger partial charge in [0.05, 0.1) is 10.6 Å². The molecule has 4 nitrogen and oxygen atoms in total. The summed E-state index contributed by atoms with van der Waals surface area (Å²) in [5, 5.41) is 3.73. The number of amides is 1. The van der Waals surface area contributed by atoms with Gasteiger partial charge in [0, 0.05) is 17.8 Å². The Morgan fingerprint density at radius 2 is 2.18 bits per heavy atom. The largest absolute Gasteiger partial charge is 0.382 e. The second-order valence-corrected chi connectivity index (χ2v) is 4.88. The smallest absolute Gasteiger partial charge is 0.250 e. The molecular weight excluding hydrogens is 238 g/mol. The summed E-state index contributed by atoms with van der Waals surface area (Å²) in [7, 11) is 0. The van der Waals surface area contributed by atoms with Gasteiger partial charge in [-0.25, -0.2) is 0 Å². The monoisotopic (exact) mass is 253 g/mol. The Morgan fingerprint density at radius 1 is 1.41 bits per heavy atom. The number of rotatable bonds is 3. The van der Waals surface area contributed by atoms with Crippen LogP contribution in [0.15, 0.2) is 18.2 Å². The molecule has 92 valence electrons. The van der Waals surface area contributed by atoms with Gasteiger partial charge >= 0.3 is 0 Å². The van der Waals surface area contributed by atoms with Crippen LogP contribution in [0, 0.1) is 0 Å². The predicted octanol–water partition coefficient (Wildman–Crippen LogP) is 1.73. The molecule has 2 atom stereocenters. The van der Waals surface area contributed by atoms with Crippen LogP contribution < -0.4 is 16.8 Å². The topological polar surface area (TPSA) is 81.1 Å². The van der Waals surface area contributed by atoms with Crippen LogP contribution in [0.5, 0.6) is 0 Å². The Kier molecular flexibility index (Phi) is 3.54. The molecule has 0 saturated heterocycles. The van der Waals surface area contributed by atoms with Gasteiger partial charge in [0.25, 0.3) is 0 Å². The van der Waals surface area contributed by atoms with Crippen LogP contribution in [0.3, 0.4) is 0 Å². The van der Waals surface area contributed by atoms with E-state index in [1.807, 2.05) is 6.07 Å². The third-order valence-electron chi connectivity index (χ3n) is 3.08. The van der Waals surface area contributed by atoms with Crippen molar-refractivity contribution in [1.82, 2.24) is 0 Å². The number of nitrogens with two attached hydrogens (primary N) is 2. The third kappa shape index (κ3) is 2.90. The predicted molar refractivity (Wildman–Crippen MR) is 69.2 cm³/mol. The van der Waals surface area contributed by atoms with Gasteiger partial charge in [-0.1, -0.05) is 11.6 Å². The average Bonchev–Trinajstić information content (AvgIpc) is 2.66. The zero-order valence-corrected chi connectivity index (χ0v) is 10.2. The Labute approximate surface area is 105 Å². The fraction of sp³-hybridized carbons (Fsp3) is 0.417. The highest BCUT2D eigenvalue weighted by atomic mass is 35.5. The molecule has 0 bridgehead atoms. The van der Waals surface area contributed by atoms with Gasteiger partial charge in [-0.3, -0.25) is 4.79 Å². The highest BCUT2D eigenvalue weighted by molar-refractivity contribution is 6.33. The minimum atomic E-state index is -0.512. The van der Waals surface area contributed by atoms with Gasteiger partial charge < -0.3 is 16.8 Å². The van der Waals surface area contributed by atoms with Crippen LogP contribution in [0.1, 0.15) is 29.6 Å². The number of hydrogen-bond acceptors (Lipinski definition) is 3. The van der Waals surface area contributed by atoms with Gasteiger partial charge in [-0.05, 0) is 37.5 Å². The molecule has 2 unspecified atom stereocenters. The quantitative estimate of drug-likeness (QED) is 0.767. The van der Waals surface area contributed by atoms with E-state index in [-0.39, 0.29) is 6.04 Å². The molecule has 0 heterocycles. The summed E-state index contributed by atoms with van der Waals surface area (Å²) in [6.45, 7) is 0. The standard InChI is InChI=1S/C12H16ClN3O/c13-11-4-3-9(6-10(11)12(15)17)16-8-2-1-7(14)5-8/h3-4,6-8,16H,1-2,5,14H2,(H2,15,17). The first-order chi connectivity index (χ1) is 8.06. The summed E-state index contributed by atoms with van der Waals surface area (Å²) < 4.78 is 0. The molecule has 1 fully saturated rings. The molecule has 0 aliphatic heterocycles. The highest BCUT2D eigenvalue weighted by Gasteiger charge is 2.21. The summed E-state index contributed by atoms with van der Waals surface area (Å²) >= 11 is 5.88. The van der Waals surface area contributed by atoms with E-state index in [1.165, 1.54) is 0 Å². The molecule has 0 spiro atoms. The highest BCUT2D eigenvalue weighted by Crippen LogP contribution is 2.25. The van der Waals surface area contributed by atoms with E-state index in [2.05, 4.69) is 5.32 Å². The van der Waals surface area contributed by atoms with Crippen molar-refractivity contribution in [3.05, 3.63) is 28.8 Å². The zero-order chi connectivity index (χ0) is 12.4. The number of anilines is 1. The maximum atomic E-state index is 11.2. The SMILES string of the molecule is NC(=O)c1cc(NC2CCC(N)C2)ccc1Cl. The van der Waals surface area contributed by atoms with Crippen molar-refractivity contribution in [3.8, 4) is 0 Å². The molecule has 1 aromatic carbocycles. The number of primary amides is 1. The molecule has 2 rings (SSSR count). The lowest BCUT2D eigenvalue weighted by Gasteiger charge is -2.14. The fourth-order valence-electron chi connectivity index (χ4n) is 2.19. The van der Waals surface area contributed by atoms with E-state index in [9.17, 15) is 4.79 Å². The number of hydrogen-bond donors (Lipinski definition) is 3. The van der Waals surface area contributed by atoms with Crippen LogP contribution in [-0.2, 0) is 0 Å². The number of carbonyl (C=O) groups is 1. The van der Waals surface area contributed by atoms with Crippen molar-refractivity contribution in [2.75, 3.05) is 5.32 Å². The molecule has 5 heteroatoms. The number of benzene rings is 1. The van der Waals surface area contributed by atoms with Gasteiger partial charge in [-0.2, -0.15) is 0 Å². The molecule has 1 saturated carbocycles. The van der Waals surface area contributed by atoms with Crippen LogP contribution in [0.2, 0.25) is 5.02 Å². The maximum Gasteiger partial charge on any atom is 0.250 e. The lowest BCUT2D eigenvalue weighted by Crippen LogP contribution is -2.21. The van der Waals surface area contributed by atoms with Crippen LogP contribution in [-0.4, -0.2) is 18.0 Å². The first-order valence-electron chi connectivity index (χ1n) is 5.67. The van der Waals surface area contributed by atoms with Crippen LogP contribution >= 0.6 is 11.6 Å². The van der Waals surface area contributed by atoms with E-state index in [4.69, 9.17) is 23.1 Å². The zero-order valence-electron chi connectivity index (χ0n) is 9.45. The van der Waals surface area contributed by atoms with Gasteiger partial charge in [0.2, 0.25) is 5.91 Å². The van der Waals surface area contributed by atoms with Crippen molar-refractivity contribution >= 4 is 23.2 Å². The second-order valence-electron chi connectivity index (χ2n) is 4.47. The molecule has 1 aliphatic carbocycles. The first-order valence-corrected chi connectivity index (χ1v) is 6.05.